The maximum absolute atomic E-state index is 10.4. The number of nitrogens with two attached hydrogens (primary N) is 1. The van der Waals surface area contributed by atoms with Gasteiger partial charge in [0.25, 0.3) is 0 Å². The van der Waals surface area contributed by atoms with E-state index >= 15 is 0 Å². The van der Waals surface area contributed by atoms with Crippen LogP contribution >= 0.6 is 0 Å². The third kappa shape index (κ3) is 2.79. The van der Waals surface area contributed by atoms with Crippen LogP contribution in [0.25, 0.3) is 10.8 Å². The second-order valence-electron chi connectivity index (χ2n) is 3.66. The van der Waals surface area contributed by atoms with Crippen LogP contribution in [0.3, 0.4) is 0 Å². The molecule has 0 saturated heterocycles. The Morgan fingerprint density at radius 3 is 3.06 bits per heavy atom. The van der Waals surface area contributed by atoms with E-state index in [2.05, 4.69) is 15.0 Å². The lowest BCUT2D eigenvalue weighted by Crippen LogP contribution is -2.18. The first-order valence-corrected chi connectivity index (χ1v) is 5.40. The number of fused-ring (bicyclic) bond motifs is 1. The van der Waals surface area contributed by atoms with Crippen molar-refractivity contribution in [1.29, 1.82) is 0 Å². The van der Waals surface area contributed by atoms with Gasteiger partial charge in [-0.25, -0.2) is 9.78 Å². The lowest BCUT2D eigenvalue weighted by atomic mass is 10.1. The minimum absolute atomic E-state index is 0.159. The molecule has 94 valence electrons. The second-order valence-corrected chi connectivity index (χ2v) is 3.66. The number of carbonyl (C=O) groups is 1. The largest absolute Gasteiger partial charge is 0.508 e. The Morgan fingerprint density at radius 2 is 2.28 bits per heavy atom. The van der Waals surface area contributed by atoms with Gasteiger partial charge in [-0.1, -0.05) is 6.07 Å². The number of hydrogen-bond donors (Lipinski definition) is 3. The summed E-state index contributed by atoms with van der Waals surface area (Å²) >= 11 is 0. The first kappa shape index (κ1) is 12.0. The number of ether oxygens (including phenoxy) is 1. The van der Waals surface area contributed by atoms with E-state index in [9.17, 15) is 9.90 Å². The fourth-order valence-electron chi connectivity index (χ4n) is 1.62. The highest BCUT2D eigenvalue weighted by Crippen LogP contribution is 2.24. The number of pyridine rings is 1. The molecular weight excluding hydrogens is 234 g/mol. The van der Waals surface area contributed by atoms with Crippen molar-refractivity contribution in [3.63, 3.8) is 0 Å². The average molecular weight is 247 g/mol. The summed E-state index contributed by atoms with van der Waals surface area (Å²) in [5, 5.41) is 14.2. The van der Waals surface area contributed by atoms with Crippen molar-refractivity contribution in [3.05, 3.63) is 30.5 Å². The van der Waals surface area contributed by atoms with E-state index in [0.29, 0.717) is 12.4 Å². The number of aromatic hydroxyl groups is 1. The van der Waals surface area contributed by atoms with Crippen molar-refractivity contribution in [1.82, 2.24) is 4.98 Å². The maximum Gasteiger partial charge on any atom is 0.404 e. The zero-order valence-corrected chi connectivity index (χ0v) is 9.59. The molecule has 4 N–H and O–H groups in total. The molecular formula is C12H13N3O3. The number of carbonyl (C=O) groups excluding carboxylic acids is 1. The third-order valence-electron chi connectivity index (χ3n) is 2.39. The zero-order chi connectivity index (χ0) is 13.0. The standard InChI is InChI=1S/C12H13N3O3/c13-12(17)18-6-5-15-11-10-7-9(16)2-1-8(10)3-4-14-11/h1-4,7,16H,5-6H2,(H2,13,17)(H,14,15). The molecule has 6 heteroatoms. The highest BCUT2D eigenvalue weighted by Gasteiger charge is 2.03. The van der Waals surface area contributed by atoms with Crippen molar-refractivity contribution in [2.24, 2.45) is 5.73 Å². The molecule has 6 nitrogen and oxygen atoms in total. The molecule has 2 aromatic rings. The Bertz CT molecular complexity index is 571. The molecule has 0 fully saturated rings. The van der Waals surface area contributed by atoms with E-state index < -0.39 is 6.09 Å². The minimum Gasteiger partial charge on any atom is -0.508 e. The molecule has 1 amide bonds. The normalized spacial score (nSPS) is 10.2. The quantitative estimate of drug-likeness (QED) is 0.710. The van der Waals surface area contributed by atoms with E-state index in [4.69, 9.17) is 5.73 Å². The first-order chi connectivity index (χ1) is 8.66. The highest BCUT2D eigenvalue weighted by atomic mass is 16.5. The molecule has 0 bridgehead atoms. The van der Waals surface area contributed by atoms with Gasteiger partial charge in [0.15, 0.2) is 0 Å². The van der Waals surface area contributed by atoms with Crippen molar-refractivity contribution < 1.29 is 14.6 Å². The van der Waals surface area contributed by atoms with Crippen molar-refractivity contribution in [2.45, 2.75) is 0 Å². The van der Waals surface area contributed by atoms with Gasteiger partial charge in [0, 0.05) is 11.6 Å². The summed E-state index contributed by atoms with van der Waals surface area (Å²) in [5.74, 6) is 0.795. The van der Waals surface area contributed by atoms with E-state index in [1.165, 1.54) is 0 Å². The Kier molecular flexibility index (Phi) is 3.47. The van der Waals surface area contributed by atoms with Crippen molar-refractivity contribution in [2.75, 3.05) is 18.5 Å². The number of nitrogens with zero attached hydrogens (tertiary/aromatic N) is 1. The molecule has 1 aromatic heterocycles. The molecule has 0 aliphatic heterocycles. The van der Waals surface area contributed by atoms with Gasteiger partial charge < -0.3 is 20.9 Å². The molecule has 0 saturated carbocycles. The maximum atomic E-state index is 10.4. The molecule has 0 aliphatic carbocycles. The van der Waals surface area contributed by atoms with Crippen molar-refractivity contribution in [3.8, 4) is 5.75 Å². The van der Waals surface area contributed by atoms with Crippen LogP contribution in [-0.4, -0.2) is 29.3 Å². The Morgan fingerprint density at radius 1 is 1.44 bits per heavy atom. The lowest BCUT2D eigenvalue weighted by Gasteiger charge is -2.08. The van der Waals surface area contributed by atoms with E-state index in [0.717, 1.165) is 10.8 Å². The predicted molar refractivity (Wildman–Crippen MR) is 67.4 cm³/mol. The van der Waals surface area contributed by atoms with Gasteiger partial charge in [-0.15, -0.1) is 0 Å². The van der Waals surface area contributed by atoms with Gasteiger partial charge in [0.2, 0.25) is 0 Å². The van der Waals surface area contributed by atoms with Crippen LogP contribution in [0.1, 0.15) is 0 Å². The third-order valence-corrected chi connectivity index (χ3v) is 2.39. The van der Waals surface area contributed by atoms with Crippen LogP contribution in [-0.2, 0) is 4.74 Å². The molecule has 0 unspecified atom stereocenters. The number of aromatic nitrogens is 1. The summed E-state index contributed by atoms with van der Waals surface area (Å²) in [5.41, 5.74) is 4.84. The number of phenols is 1. The summed E-state index contributed by atoms with van der Waals surface area (Å²) in [6.07, 6.45) is 0.858. The zero-order valence-electron chi connectivity index (χ0n) is 9.59. The van der Waals surface area contributed by atoms with Crippen LogP contribution in [0.5, 0.6) is 5.75 Å². The number of phenolic OH excluding ortho intramolecular Hbond substituents is 1. The van der Waals surface area contributed by atoms with Crippen molar-refractivity contribution >= 4 is 22.7 Å². The van der Waals surface area contributed by atoms with Crippen LogP contribution in [0, 0.1) is 0 Å². The smallest absolute Gasteiger partial charge is 0.404 e. The number of benzene rings is 1. The summed E-state index contributed by atoms with van der Waals surface area (Å²) in [7, 11) is 0. The van der Waals surface area contributed by atoms with Crippen LogP contribution in [0.15, 0.2) is 30.5 Å². The molecule has 18 heavy (non-hydrogen) atoms. The van der Waals surface area contributed by atoms with Gasteiger partial charge >= 0.3 is 6.09 Å². The van der Waals surface area contributed by atoms with E-state index in [1.807, 2.05) is 6.07 Å². The fraction of sp³-hybridized carbons (Fsp3) is 0.167. The highest BCUT2D eigenvalue weighted by molar-refractivity contribution is 5.92. The van der Waals surface area contributed by atoms with Gasteiger partial charge in [-0.05, 0) is 23.6 Å². The molecule has 0 spiro atoms. The van der Waals surface area contributed by atoms with Crippen LogP contribution < -0.4 is 11.1 Å². The van der Waals surface area contributed by atoms with Gasteiger partial charge in [-0.2, -0.15) is 0 Å². The minimum atomic E-state index is -0.805. The molecule has 0 atom stereocenters. The number of primary amides is 1. The summed E-state index contributed by atoms with van der Waals surface area (Å²) in [6.45, 7) is 0.553. The summed E-state index contributed by atoms with van der Waals surface area (Å²) in [4.78, 5) is 14.6. The number of rotatable bonds is 4. The Hall–Kier alpha value is -2.50. The number of nitrogens with one attached hydrogen (secondary N) is 1. The molecule has 0 radical (unpaired) electrons. The number of amides is 1. The summed E-state index contributed by atoms with van der Waals surface area (Å²) < 4.78 is 4.60. The van der Waals surface area contributed by atoms with Gasteiger partial charge in [-0.3, -0.25) is 0 Å². The predicted octanol–water partition coefficient (Wildman–Crippen LogP) is 1.45. The fourth-order valence-corrected chi connectivity index (χ4v) is 1.62. The Labute approximate surface area is 103 Å². The molecule has 1 aromatic carbocycles. The summed E-state index contributed by atoms with van der Waals surface area (Å²) in [6, 6.07) is 6.89. The van der Waals surface area contributed by atoms with Gasteiger partial charge in [0.05, 0.1) is 6.54 Å². The monoisotopic (exact) mass is 247 g/mol. The lowest BCUT2D eigenvalue weighted by molar-refractivity contribution is 0.161. The number of anilines is 1. The molecule has 1 heterocycles. The second kappa shape index (κ2) is 5.22. The van der Waals surface area contributed by atoms with Gasteiger partial charge in [0.1, 0.15) is 18.2 Å². The molecule has 2 rings (SSSR count). The van der Waals surface area contributed by atoms with E-state index in [1.54, 1.807) is 24.4 Å². The topological polar surface area (TPSA) is 97.5 Å². The molecule has 0 aliphatic rings. The number of hydrogen-bond acceptors (Lipinski definition) is 5. The van der Waals surface area contributed by atoms with Crippen LogP contribution in [0.4, 0.5) is 10.6 Å². The SMILES string of the molecule is NC(=O)OCCNc1nccc2ccc(O)cc12. The van der Waals surface area contributed by atoms with Crippen LogP contribution in [0.2, 0.25) is 0 Å². The Balaban J connectivity index is 2.12. The average Bonchev–Trinajstić information content (AvgIpc) is 2.34. The van der Waals surface area contributed by atoms with E-state index in [-0.39, 0.29) is 12.4 Å². The first-order valence-electron chi connectivity index (χ1n) is 5.40.